The average molecular weight is 225 g/mol. The van der Waals surface area contributed by atoms with Gasteiger partial charge in [0.15, 0.2) is 0 Å². The van der Waals surface area contributed by atoms with Crippen molar-refractivity contribution in [2.45, 2.75) is 0 Å². The van der Waals surface area contributed by atoms with Gasteiger partial charge in [-0.25, -0.2) is 0 Å². The molecule has 0 spiro atoms. The molecule has 0 N–H and O–H groups in total. The monoisotopic (exact) mass is 226 g/mol. The Bertz CT molecular complexity index is 254. The first-order valence-electron chi connectivity index (χ1n) is 2.65. The Labute approximate surface area is 65.7 Å². The molecule has 0 amide bonds. The van der Waals surface area contributed by atoms with Crippen LogP contribution in [-0.4, -0.2) is 15.1 Å². The molecule has 1 rings (SSSR count). The van der Waals surface area contributed by atoms with Crippen LogP contribution in [0.1, 0.15) is 0 Å². The van der Waals surface area contributed by atoms with Gasteiger partial charge in [-0.15, -0.1) is 0 Å². The zero-order valence-electron chi connectivity index (χ0n) is 5.00. The number of benzene rings is 1. The maximum atomic E-state index is 12.5. The summed E-state index contributed by atoms with van der Waals surface area (Å²) in [5, 5.41) is 0.120. The van der Waals surface area contributed by atoms with E-state index in [2.05, 4.69) is 0 Å². The van der Waals surface area contributed by atoms with Crippen molar-refractivity contribution in [1.82, 2.24) is 0 Å². The first-order chi connectivity index (χ1) is 4.61. The van der Waals surface area contributed by atoms with Gasteiger partial charge in [-0.2, -0.15) is 0 Å². The van der Waals surface area contributed by atoms with Crippen molar-refractivity contribution >= 4 is 26.5 Å². The topological polar surface area (TPSA) is 0 Å². The van der Waals surface area contributed by atoms with Crippen LogP contribution in [0.5, 0.6) is 0 Å². The fourth-order valence-electron chi connectivity index (χ4n) is 0.602. The molecule has 0 saturated carbocycles. The van der Waals surface area contributed by atoms with E-state index in [1.165, 1.54) is 12.1 Å². The first kappa shape index (κ1) is 8.13. The van der Waals surface area contributed by atoms with E-state index in [9.17, 15) is 8.39 Å². The van der Waals surface area contributed by atoms with Crippen LogP contribution in [0.25, 0.3) is 0 Å². The molecule has 0 nitrogen and oxygen atoms in total. The normalized spacial score (nSPS) is 11.4. The molecule has 10 heavy (non-hydrogen) atoms. The van der Waals surface area contributed by atoms with Crippen molar-refractivity contribution in [1.29, 1.82) is 0 Å². The molecule has 0 aliphatic carbocycles. The van der Waals surface area contributed by atoms with Gasteiger partial charge in [0, 0.05) is 0 Å². The molecular formula is C6H5F2PSe. The SMILES string of the molecule is FP(F)(=[Se])c1ccccc1. The second kappa shape index (κ2) is 2.96. The van der Waals surface area contributed by atoms with Gasteiger partial charge in [-0.05, 0) is 0 Å². The molecule has 0 aliphatic heterocycles. The standard InChI is InChI=1S/C6H5F2PSe/c7-9(8,10)6-4-2-1-3-5-6/h1-5H. The number of halogens is 2. The summed E-state index contributed by atoms with van der Waals surface area (Å²) < 4.78 is 25.0. The van der Waals surface area contributed by atoms with E-state index in [4.69, 9.17) is 0 Å². The fourth-order valence-corrected chi connectivity index (χ4v) is 1.89. The van der Waals surface area contributed by atoms with Crippen LogP contribution in [0, 0.1) is 0 Å². The number of hydrogen-bond donors (Lipinski definition) is 0. The van der Waals surface area contributed by atoms with Crippen molar-refractivity contribution in [2.75, 3.05) is 0 Å². The van der Waals surface area contributed by atoms with Gasteiger partial charge >= 0.3 is 65.3 Å². The first-order valence-corrected chi connectivity index (χ1v) is 6.44. The van der Waals surface area contributed by atoms with Gasteiger partial charge in [0.1, 0.15) is 0 Å². The van der Waals surface area contributed by atoms with Gasteiger partial charge in [0.2, 0.25) is 0 Å². The van der Waals surface area contributed by atoms with E-state index in [1.807, 2.05) is 15.1 Å². The second-order valence-electron chi connectivity index (χ2n) is 1.80. The Hall–Kier alpha value is 0.0295. The van der Waals surface area contributed by atoms with Crippen LogP contribution in [0.2, 0.25) is 0 Å². The molecule has 0 aromatic heterocycles. The fraction of sp³-hybridized carbons (Fsp3) is 0. The van der Waals surface area contributed by atoms with Crippen molar-refractivity contribution in [3.05, 3.63) is 30.3 Å². The molecule has 0 aliphatic rings. The van der Waals surface area contributed by atoms with Crippen molar-refractivity contribution in [3.8, 4) is 0 Å². The van der Waals surface area contributed by atoms with Crippen LogP contribution in [0.15, 0.2) is 30.3 Å². The molecule has 0 radical (unpaired) electrons. The summed E-state index contributed by atoms with van der Waals surface area (Å²) in [6.45, 7) is 0. The molecule has 0 atom stereocenters. The molecule has 1 aromatic carbocycles. The van der Waals surface area contributed by atoms with Gasteiger partial charge in [0.25, 0.3) is 0 Å². The summed E-state index contributed by atoms with van der Waals surface area (Å²) in [5.74, 6) is 0. The number of rotatable bonds is 1. The zero-order valence-corrected chi connectivity index (χ0v) is 7.61. The summed E-state index contributed by atoms with van der Waals surface area (Å²) in [6, 6.07) is 7.81. The van der Waals surface area contributed by atoms with E-state index in [0.717, 1.165) is 0 Å². The molecule has 0 saturated heterocycles. The van der Waals surface area contributed by atoms with E-state index in [-0.39, 0.29) is 5.30 Å². The van der Waals surface area contributed by atoms with E-state index >= 15 is 0 Å². The van der Waals surface area contributed by atoms with Crippen LogP contribution >= 0.6 is 6.13 Å². The second-order valence-corrected chi connectivity index (χ2v) is 6.13. The molecule has 4 heteroatoms. The third-order valence-electron chi connectivity index (χ3n) is 1.06. The summed E-state index contributed by atoms with van der Waals surface area (Å²) in [5.41, 5.74) is 0. The van der Waals surface area contributed by atoms with E-state index < -0.39 is 6.13 Å². The quantitative estimate of drug-likeness (QED) is 0.507. The Morgan fingerprint density at radius 3 is 1.90 bits per heavy atom. The van der Waals surface area contributed by atoms with Gasteiger partial charge < -0.3 is 0 Å². The van der Waals surface area contributed by atoms with Crippen LogP contribution < -0.4 is 5.30 Å². The van der Waals surface area contributed by atoms with Crippen LogP contribution in [-0.2, 0) is 0 Å². The Balaban J connectivity index is 3.09. The van der Waals surface area contributed by atoms with E-state index in [1.54, 1.807) is 18.2 Å². The number of hydrogen-bond acceptors (Lipinski definition) is 0. The predicted octanol–water partition coefficient (Wildman–Crippen LogP) is 2.18. The van der Waals surface area contributed by atoms with Gasteiger partial charge in [0.05, 0.1) is 0 Å². The summed E-state index contributed by atoms with van der Waals surface area (Å²) in [7, 11) is 0. The molecule has 0 heterocycles. The third kappa shape index (κ3) is 2.02. The molecule has 1 aromatic rings. The minimum atomic E-state index is -3.89. The Morgan fingerprint density at radius 2 is 1.60 bits per heavy atom. The summed E-state index contributed by atoms with van der Waals surface area (Å²) in [4.78, 5) is 0. The maximum absolute atomic E-state index is 12.5. The summed E-state index contributed by atoms with van der Waals surface area (Å²) in [6.07, 6.45) is -3.89. The third-order valence-corrected chi connectivity index (χ3v) is 3.28. The van der Waals surface area contributed by atoms with Gasteiger partial charge in [-0.1, -0.05) is 0 Å². The van der Waals surface area contributed by atoms with Crippen LogP contribution in [0.4, 0.5) is 8.39 Å². The Morgan fingerprint density at radius 1 is 1.10 bits per heavy atom. The van der Waals surface area contributed by atoms with Crippen LogP contribution in [0.3, 0.4) is 0 Å². The predicted molar refractivity (Wildman–Crippen MR) is 41.0 cm³/mol. The molecule has 0 unspecified atom stereocenters. The molecule has 0 fully saturated rings. The average Bonchev–Trinajstić information content (AvgIpc) is 1.88. The van der Waals surface area contributed by atoms with Gasteiger partial charge in [-0.3, -0.25) is 0 Å². The Kier molecular flexibility index (Phi) is 2.40. The molecule has 54 valence electrons. The van der Waals surface area contributed by atoms with Crippen molar-refractivity contribution < 1.29 is 8.39 Å². The zero-order chi connectivity index (χ0) is 7.61. The van der Waals surface area contributed by atoms with Crippen molar-refractivity contribution in [3.63, 3.8) is 0 Å². The molecule has 0 bridgehead atoms. The van der Waals surface area contributed by atoms with E-state index in [0.29, 0.717) is 0 Å². The summed E-state index contributed by atoms with van der Waals surface area (Å²) >= 11 is 1.91. The minimum absolute atomic E-state index is 0.120. The van der Waals surface area contributed by atoms with Crippen molar-refractivity contribution in [2.24, 2.45) is 0 Å². The molecular weight excluding hydrogens is 220 g/mol.